The summed E-state index contributed by atoms with van der Waals surface area (Å²) in [6.07, 6.45) is 2.43. The van der Waals surface area contributed by atoms with Crippen LogP contribution in [0.25, 0.3) is 0 Å². The van der Waals surface area contributed by atoms with E-state index in [1.807, 2.05) is 30.0 Å². The number of hydrogen-bond donors (Lipinski definition) is 1. The molecule has 0 bridgehead atoms. The average Bonchev–Trinajstić information content (AvgIpc) is 2.73. The van der Waals surface area contributed by atoms with Gasteiger partial charge < -0.3 is 19.9 Å². The number of anilines is 1. The Labute approximate surface area is 131 Å². The molecule has 122 valence electrons. The standard InChI is InChI=1S/C15H25N5O2/c1-19(2)14-7-13(17-11-18-14)6-12-8-16-4-5-20(9-12)15(21)10-22-3/h7,11-12,16H,4-6,8-10H2,1-3H3/t12-/m1/s1. The average molecular weight is 307 g/mol. The van der Waals surface area contributed by atoms with E-state index >= 15 is 0 Å². The molecule has 0 unspecified atom stereocenters. The van der Waals surface area contributed by atoms with Gasteiger partial charge in [-0.2, -0.15) is 0 Å². The fraction of sp³-hybridized carbons (Fsp3) is 0.667. The Kier molecular flexibility index (Phi) is 6.09. The van der Waals surface area contributed by atoms with Gasteiger partial charge in [-0.3, -0.25) is 4.79 Å². The van der Waals surface area contributed by atoms with Gasteiger partial charge in [-0.1, -0.05) is 0 Å². The fourth-order valence-electron chi connectivity index (χ4n) is 2.60. The summed E-state index contributed by atoms with van der Waals surface area (Å²) in [5, 5.41) is 3.39. The van der Waals surface area contributed by atoms with Gasteiger partial charge in [0.05, 0.1) is 0 Å². The van der Waals surface area contributed by atoms with E-state index < -0.39 is 0 Å². The molecule has 1 aliphatic heterocycles. The Morgan fingerprint density at radius 3 is 3.05 bits per heavy atom. The highest BCUT2D eigenvalue weighted by Crippen LogP contribution is 2.14. The van der Waals surface area contributed by atoms with Crippen molar-refractivity contribution in [2.24, 2.45) is 5.92 Å². The van der Waals surface area contributed by atoms with E-state index in [1.165, 1.54) is 0 Å². The summed E-state index contributed by atoms with van der Waals surface area (Å²) in [5.74, 6) is 1.29. The number of nitrogens with zero attached hydrogens (tertiary/aromatic N) is 4. The first kappa shape index (κ1) is 16.6. The summed E-state index contributed by atoms with van der Waals surface area (Å²) in [5.41, 5.74) is 1.01. The smallest absolute Gasteiger partial charge is 0.248 e. The van der Waals surface area contributed by atoms with Gasteiger partial charge in [0.2, 0.25) is 5.91 Å². The number of carbonyl (C=O) groups excluding carboxylic acids is 1. The van der Waals surface area contributed by atoms with E-state index in [2.05, 4.69) is 15.3 Å². The first-order valence-electron chi connectivity index (χ1n) is 7.56. The molecule has 2 heterocycles. The molecule has 1 N–H and O–H groups in total. The summed E-state index contributed by atoms with van der Waals surface area (Å²) in [6, 6.07) is 2.01. The van der Waals surface area contributed by atoms with E-state index in [4.69, 9.17) is 4.74 Å². The van der Waals surface area contributed by atoms with E-state index in [-0.39, 0.29) is 12.5 Å². The predicted octanol–water partition coefficient (Wildman–Crippen LogP) is -0.220. The zero-order valence-electron chi connectivity index (χ0n) is 13.6. The zero-order valence-corrected chi connectivity index (χ0v) is 13.6. The molecular formula is C15H25N5O2. The molecule has 2 rings (SSSR count). The van der Waals surface area contributed by atoms with E-state index in [1.54, 1.807) is 13.4 Å². The third-order valence-electron chi connectivity index (χ3n) is 3.76. The van der Waals surface area contributed by atoms with Crippen LogP contribution in [0.2, 0.25) is 0 Å². The zero-order chi connectivity index (χ0) is 15.9. The largest absolute Gasteiger partial charge is 0.375 e. The molecule has 0 saturated carbocycles. The van der Waals surface area contributed by atoms with E-state index in [0.29, 0.717) is 5.92 Å². The molecule has 0 spiro atoms. The van der Waals surface area contributed by atoms with Gasteiger partial charge in [0.25, 0.3) is 0 Å². The Morgan fingerprint density at radius 1 is 1.50 bits per heavy atom. The van der Waals surface area contributed by atoms with Crippen molar-refractivity contribution in [1.82, 2.24) is 20.2 Å². The van der Waals surface area contributed by atoms with Crippen molar-refractivity contribution < 1.29 is 9.53 Å². The third-order valence-corrected chi connectivity index (χ3v) is 3.76. The lowest BCUT2D eigenvalue weighted by Crippen LogP contribution is -2.38. The molecule has 1 saturated heterocycles. The first-order valence-corrected chi connectivity index (χ1v) is 7.56. The van der Waals surface area contributed by atoms with Crippen molar-refractivity contribution in [2.75, 3.05) is 58.9 Å². The topological polar surface area (TPSA) is 70.6 Å². The molecule has 1 aromatic rings. The molecule has 1 amide bonds. The third kappa shape index (κ3) is 4.64. The second-order valence-corrected chi connectivity index (χ2v) is 5.81. The second kappa shape index (κ2) is 8.05. The molecule has 0 aliphatic carbocycles. The minimum Gasteiger partial charge on any atom is -0.375 e. The minimum absolute atomic E-state index is 0.0490. The highest BCUT2D eigenvalue weighted by atomic mass is 16.5. The Hall–Kier alpha value is -1.73. The lowest BCUT2D eigenvalue weighted by atomic mass is 10.0. The fourth-order valence-corrected chi connectivity index (χ4v) is 2.60. The second-order valence-electron chi connectivity index (χ2n) is 5.81. The van der Waals surface area contributed by atoms with E-state index in [0.717, 1.165) is 44.1 Å². The van der Waals surface area contributed by atoms with Crippen molar-refractivity contribution in [2.45, 2.75) is 6.42 Å². The van der Waals surface area contributed by atoms with Gasteiger partial charge in [0, 0.05) is 59.1 Å². The van der Waals surface area contributed by atoms with Gasteiger partial charge in [0.1, 0.15) is 18.8 Å². The van der Waals surface area contributed by atoms with Gasteiger partial charge >= 0.3 is 0 Å². The minimum atomic E-state index is 0.0490. The number of aromatic nitrogens is 2. The summed E-state index contributed by atoms with van der Waals surface area (Å²) in [7, 11) is 5.48. The van der Waals surface area contributed by atoms with E-state index in [9.17, 15) is 4.79 Å². The number of amides is 1. The number of methoxy groups -OCH3 is 1. The Morgan fingerprint density at radius 2 is 2.32 bits per heavy atom. The maximum absolute atomic E-state index is 12.0. The summed E-state index contributed by atoms with van der Waals surface area (Å²) >= 11 is 0. The molecule has 1 aliphatic rings. The molecule has 0 aromatic carbocycles. The van der Waals surface area contributed by atoms with Crippen LogP contribution >= 0.6 is 0 Å². The lowest BCUT2D eigenvalue weighted by Gasteiger charge is -2.23. The molecule has 22 heavy (non-hydrogen) atoms. The van der Waals surface area contributed by atoms with Crippen LogP contribution in [-0.4, -0.2) is 74.8 Å². The van der Waals surface area contributed by atoms with Crippen molar-refractivity contribution in [3.05, 3.63) is 18.1 Å². The quantitative estimate of drug-likeness (QED) is 0.811. The van der Waals surface area contributed by atoms with Crippen molar-refractivity contribution in [1.29, 1.82) is 0 Å². The number of ether oxygens (including phenoxy) is 1. The normalized spacial score (nSPS) is 18.9. The van der Waals surface area contributed by atoms with Crippen molar-refractivity contribution in [3.63, 3.8) is 0 Å². The molecule has 7 nitrogen and oxygen atoms in total. The van der Waals surface area contributed by atoms with Gasteiger partial charge in [-0.05, 0) is 12.3 Å². The SMILES string of the molecule is COCC(=O)N1CCNC[C@@H](Cc2cc(N(C)C)ncn2)C1. The Bertz CT molecular complexity index is 495. The summed E-state index contributed by atoms with van der Waals surface area (Å²) in [6.45, 7) is 3.31. The number of nitrogens with one attached hydrogen (secondary N) is 1. The van der Waals surface area contributed by atoms with Crippen LogP contribution in [-0.2, 0) is 16.0 Å². The summed E-state index contributed by atoms with van der Waals surface area (Å²) < 4.78 is 4.96. The molecule has 1 aromatic heterocycles. The van der Waals surface area contributed by atoms with Gasteiger partial charge in [-0.15, -0.1) is 0 Å². The molecular weight excluding hydrogens is 282 g/mol. The van der Waals surface area contributed by atoms with Crippen LogP contribution in [0, 0.1) is 5.92 Å². The van der Waals surface area contributed by atoms with Crippen molar-refractivity contribution in [3.8, 4) is 0 Å². The van der Waals surface area contributed by atoms with Crippen LogP contribution in [0.1, 0.15) is 5.69 Å². The maximum Gasteiger partial charge on any atom is 0.248 e. The van der Waals surface area contributed by atoms with Crippen LogP contribution in [0.5, 0.6) is 0 Å². The number of hydrogen-bond acceptors (Lipinski definition) is 6. The summed E-state index contributed by atoms with van der Waals surface area (Å²) in [4.78, 5) is 24.5. The van der Waals surface area contributed by atoms with Crippen LogP contribution in [0.3, 0.4) is 0 Å². The molecule has 7 heteroatoms. The molecule has 0 radical (unpaired) electrons. The maximum atomic E-state index is 12.0. The van der Waals surface area contributed by atoms with Crippen LogP contribution in [0.4, 0.5) is 5.82 Å². The first-order chi connectivity index (χ1) is 10.6. The monoisotopic (exact) mass is 307 g/mol. The van der Waals surface area contributed by atoms with Crippen LogP contribution < -0.4 is 10.2 Å². The molecule has 1 atom stereocenters. The predicted molar refractivity (Wildman–Crippen MR) is 84.9 cm³/mol. The number of rotatable bonds is 5. The highest BCUT2D eigenvalue weighted by molar-refractivity contribution is 5.77. The Balaban J connectivity index is 2.01. The van der Waals surface area contributed by atoms with Gasteiger partial charge in [-0.25, -0.2) is 9.97 Å². The molecule has 1 fully saturated rings. The van der Waals surface area contributed by atoms with Gasteiger partial charge in [0.15, 0.2) is 0 Å². The van der Waals surface area contributed by atoms with Crippen molar-refractivity contribution >= 4 is 11.7 Å². The lowest BCUT2D eigenvalue weighted by molar-refractivity contribution is -0.135. The highest BCUT2D eigenvalue weighted by Gasteiger charge is 2.22. The number of carbonyl (C=O) groups is 1. The van der Waals surface area contributed by atoms with Crippen LogP contribution in [0.15, 0.2) is 12.4 Å².